The van der Waals surface area contributed by atoms with E-state index in [1.54, 1.807) is 6.20 Å². The number of fused-ring (bicyclic) bond motifs is 1. The summed E-state index contributed by atoms with van der Waals surface area (Å²) in [6.07, 6.45) is 1.74. The third-order valence-electron chi connectivity index (χ3n) is 4.25. The second-order valence-electron chi connectivity index (χ2n) is 6.78. The van der Waals surface area contributed by atoms with Crippen LogP contribution in [0.1, 0.15) is 26.5 Å². The molecular formula is C16H23ClN4. The van der Waals surface area contributed by atoms with Crippen LogP contribution in [0.4, 0.5) is 0 Å². The van der Waals surface area contributed by atoms with Gasteiger partial charge in [-0.15, -0.1) is 0 Å². The summed E-state index contributed by atoms with van der Waals surface area (Å²) in [4.78, 5) is 12.7. The van der Waals surface area contributed by atoms with Gasteiger partial charge in [-0.25, -0.2) is 4.98 Å². The molecule has 0 amide bonds. The lowest BCUT2D eigenvalue weighted by atomic mass is 10.0. The Morgan fingerprint density at radius 3 is 2.57 bits per heavy atom. The van der Waals surface area contributed by atoms with E-state index < -0.39 is 0 Å². The Morgan fingerprint density at radius 1 is 1.24 bits per heavy atom. The van der Waals surface area contributed by atoms with E-state index in [0.29, 0.717) is 0 Å². The van der Waals surface area contributed by atoms with Crippen molar-refractivity contribution in [3.05, 3.63) is 29.0 Å². The number of H-pyrrole nitrogens is 1. The smallest absolute Gasteiger partial charge is 0.138 e. The molecule has 0 bridgehead atoms. The minimum Gasteiger partial charge on any atom is -0.342 e. The summed E-state index contributed by atoms with van der Waals surface area (Å²) in [6.45, 7) is 12.3. The molecule has 4 nitrogen and oxygen atoms in total. The zero-order valence-corrected chi connectivity index (χ0v) is 13.7. The third kappa shape index (κ3) is 3.23. The molecule has 0 radical (unpaired) electrons. The van der Waals surface area contributed by atoms with Crippen LogP contribution >= 0.6 is 11.6 Å². The van der Waals surface area contributed by atoms with Crippen LogP contribution in [0.3, 0.4) is 0 Å². The molecular weight excluding hydrogens is 284 g/mol. The van der Waals surface area contributed by atoms with E-state index in [-0.39, 0.29) is 5.54 Å². The fraction of sp³-hybridized carbons (Fsp3) is 0.562. The van der Waals surface area contributed by atoms with Crippen LogP contribution in [0.5, 0.6) is 0 Å². The predicted molar refractivity (Wildman–Crippen MR) is 87.7 cm³/mol. The van der Waals surface area contributed by atoms with Crippen LogP contribution in [0.2, 0.25) is 5.02 Å². The molecule has 0 aliphatic carbocycles. The quantitative estimate of drug-likeness (QED) is 0.926. The van der Waals surface area contributed by atoms with E-state index in [1.807, 2.05) is 6.07 Å². The lowest BCUT2D eigenvalue weighted by Gasteiger charge is -2.42. The van der Waals surface area contributed by atoms with Crippen LogP contribution in [0.15, 0.2) is 18.3 Å². The van der Waals surface area contributed by atoms with Gasteiger partial charge in [-0.3, -0.25) is 9.80 Å². The minimum atomic E-state index is 0.268. The molecule has 3 heterocycles. The Balaban J connectivity index is 1.66. The Kier molecular flexibility index (Phi) is 3.95. The summed E-state index contributed by atoms with van der Waals surface area (Å²) in [5.41, 5.74) is 2.34. The van der Waals surface area contributed by atoms with Crippen molar-refractivity contribution >= 4 is 22.6 Å². The van der Waals surface area contributed by atoms with Gasteiger partial charge < -0.3 is 4.98 Å². The normalized spacial score (nSPS) is 18.5. The fourth-order valence-electron chi connectivity index (χ4n) is 2.95. The van der Waals surface area contributed by atoms with Gasteiger partial charge in [0.05, 0.1) is 5.02 Å². The largest absolute Gasteiger partial charge is 0.342 e. The second-order valence-corrected chi connectivity index (χ2v) is 7.19. The summed E-state index contributed by atoms with van der Waals surface area (Å²) in [7, 11) is 0. The summed E-state index contributed by atoms with van der Waals surface area (Å²) in [5.74, 6) is 0. The first kappa shape index (κ1) is 14.8. The molecule has 0 spiro atoms. The Labute approximate surface area is 131 Å². The number of piperazine rings is 1. The first-order chi connectivity index (χ1) is 9.93. The van der Waals surface area contributed by atoms with Crippen molar-refractivity contribution in [1.29, 1.82) is 0 Å². The van der Waals surface area contributed by atoms with Crippen LogP contribution in [0, 0.1) is 0 Å². The molecule has 1 aliphatic heterocycles. The van der Waals surface area contributed by atoms with Crippen molar-refractivity contribution in [3.8, 4) is 0 Å². The van der Waals surface area contributed by atoms with Crippen molar-refractivity contribution in [1.82, 2.24) is 19.8 Å². The lowest BCUT2D eigenvalue weighted by Crippen LogP contribution is -2.53. The number of rotatable bonds is 2. The first-order valence-corrected chi connectivity index (χ1v) is 7.91. The average molecular weight is 307 g/mol. The van der Waals surface area contributed by atoms with Crippen molar-refractivity contribution in [3.63, 3.8) is 0 Å². The number of hydrogen-bond donors (Lipinski definition) is 1. The van der Waals surface area contributed by atoms with Crippen molar-refractivity contribution in [2.45, 2.75) is 32.9 Å². The molecule has 5 heteroatoms. The van der Waals surface area contributed by atoms with Gasteiger partial charge in [-0.1, -0.05) is 11.6 Å². The molecule has 2 aromatic rings. The number of pyridine rings is 1. The monoisotopic (exact) mass is 306 g/mol. The van der Waals surface area contributed by atoms with Gasteiger partial charge in [0.2, 0.25) is 0 Å². The third-order valence-corrected chi connectivity index (χ3v) is 4.58. The van der Waals surface area contributed by atoms with E-state index in [0.717, 1.165) is 48.8 Å². The van der Waals surface area contributed by atoms with Gasteiger partial charge in [0.25, 0.3) is 0 Å². The summed E-state index contributed by atoms with van der Waals surface area (Å²) >= 11 is 6.20. The van der Waals surface area contributed by atoms with E-state index >= 15 is 0 Å². The van der Waals surface area contributed by atoms with Crippen molar-refractivity contribution in [2.24, 2.45) is 0 Å². The van der Waals surface area contributed by atoms with Crippen LogP contribution in [-0.4, -0.2) is 51.5 Å². The zero-order valence-electron chi connectivity index (χ0n) is 13.0. The molecule has 0 saturated carbocycles. The molecule has 1 N–H and O–H groups in total. The topological polar surface area (TPSA) is 35.2 Å². The van der Waals surface area contributed by atoms with Gasteiger partial charge >= 0.3 is 0 Å². The van der Waals surface area contributed by atoms with Gasteiger partial charge in [0.15, 0.2) is 0 Å². The Bertz CT molecular complexity index is 621. The molecule has 1 saturated heterocycles. The molecule has 3 rings (SSSR count). The SMILES string of the molecule is CC(C)(C)N1CCN(Cc2cc3c(Cl)ccnc3[nH]2)CC1. The van der Waals surface area contributed by atoms with E-state index in [2.05, 4.69) is 46.6 Å². The standard InChI is InChI=1S/C16H23ClN4/c1-16(2,3)21-8-6-20(7-9-21)11-12-10-13-14(17)4-5-18-15(13)19-12/h4-5,10H,6-9,11H2,1-3H3,(H,18,19). The lowest BCUT2D eigenvalue weighted by molar-refractivity contribution is 0.0587. The number of nitrogens with zero attached hydrogens (tertiary/aromatic N) is 3. The second kappa shape index (κ2) is 5.59. The highest BCUT2D eigenvalue weighted by Gasteiger charge is 2.25. The van der Waals surface area contributed by atoms with Crippen LogP contribution < -0.4 is 0 Å². The van der Waals surface area contributed by atoms with E-state index in [4.69, 9.17) is 11.6 Å². The highest BCUT2D eigenvalue weighted by molar-refractivity contribution is 6.35. The average Bonchev–Trinajstić information content (AvgIpc) is 2.82. The van der Waals surface area contributed by atoms with Gasteiger partial charge in [-0.05, 0) is 32.9 Å². The maximum Gasteiger partial charge on any atom is 0.138 e. The number of halogens is 1. The summed E-state index contributed by atoms with van der Waals surface area (Å²) in [6, 6.07) is 3.96. The van der Waals surface area contributed by atoms with Gasteiger partial charge in [-0.2, -0.15) is 0 Å². The van der Waals surface area contributed by atoms with Crippen LogP contribution in [0.25, 0.3) is 11.0 Å². The Morgan fingerprint density at radius 2 is 1.95 bits per heavy atom. The molecule has 0 aromatic carbocycles. The summed E-state index contributed by atoms with van der Waals surface area (Å²) in [5, 5.41) is 1.78. The van der Waals surface area contributed by atoms with Gasteiger partial charge in [0, 0.05) is 55.5 Å². The highest BCUT2D eigenvalue weighted by Crippen LogP contribution is 2.23. The maximum absolute atomic E-state index is 6.20. The Hall–Kier alpha value is -1.10. The molecule has 2 aromatic heterocycles. The number of aromatic amines is 1. The maximum atomic E-state index is 6.20. The molecule has 1 fully saturated rings. The predicted octanol–water partition coefficient (Wildman–Crippen LogP) is 3.13. The van der Waals surface area contributed by atoms with Crippen molar-refractivity contribution < 1.29 is 0 Å². The van der Waals surface area contributed by atoms with Gasteiger partial charge in [0.1, 0.15) is 5.65 Å². The highest BCUT2D eigenvalue weighted by atomic mass is 35.5. The first-order valence-electron chi connectivity index (χ1n) is 7.53. The molecule has 21 heavy (non-hydrogen) atoms. The van der Waals surface area contributed by atoms with Crippen LogP contribution in [-0.2, 0) is 6.54 Å². The molecule has 1 aliphatic rings. The number of nitrogens with one attached hydrogen (secondary N) is 1. The molecule has 0 unspecified atom stereocenters. The molecule has 114 valence electrons. The van der Waals surface area contributed by atoms with E-state index in [9.17, 15) is 0 Å². The molecule has 0 atom stereocenters. The zero-order chi connectivity index (χ0) is 15.0. The summed E-state index contributed by atoms with van der Waals surface area (Å²) < 4.78 is 0. The number of aromatic nitrogens is 2. The fourth-order valence-corrected chi connectivity index (χ4v) is 3.15. The van der Waals surface area contributed by atoms with E-state index in [1.165, 1.54) is 5.69 Å². The number of hydrogen-bond acceptors (Lipinski definition) is 3. The van der Waals surface area contributed by atoms with Crippen molar-refractivity contribution in [2.75, 3.05) is 26.2 Å². The minimum absolute atomic E-state index is 0.268.